The number of nitrogens with zero attached hydrogens (tertiary/aromatic N) is 1. The maximum atomic E-state index is 2.30. The van der Waals surface area contributed by atoms with E-state index in [1.165, 1.54) is 11.3 Å². The van der Waals surface area contributed by atoms with Crippen molar-refractivity contribution in [2.75, 3.05) is 0 Å². The summed E-state index contributed by atoms with van der Waals surface area (Å²) in [6.45, 7) is 6.65. The van der Waals surface area contributed by atoms with Crippen LogP contribution in [0.1, 0.15) is 20.8 Å². The van der Waals surface area contributed by atoms with E-state index in [4.69, 9.17) is 0 Å². The summed E-state index contributed by atoms with van der Waals surface area (Å²) in [6.07, 6.45) is 4.45. The van der Waals surface area contributed by atoms with Gasteiger partial charge in [0, 0.05) is 5.70 Å². The van der Waals surface area contributed by atoms with Gasteiger partial charge in [-0.05, 0) is 31.5 Å². The topological polar surface area (TPSA) is 3.24 Å². The molecule has 0 spiro atoms. The quantitative estimate of drug-likeness (QED) is 0.470. The van der Waals surface area contributed by atoms with Gasteiger partial charge in [-0.1, -0.05) is 13.0 Å². The second kappa shape index (κ2) is 2.62. The third-order valence-electron chi connectivity index (χ3n) is 2.38. The molecule has 1 unspecified atom stereocenters. The number of hydrogen-bond donors (Lipinski definition) is 0. The molecule has 0 fully saturated rings. The molecule has 0 amide bonds. The summed E-state index contributed by atoms with van der Waals surface area (Å²) in [4.78, 5) is 0. The van der Waals surface area contributed by atoms with Gasteiger partial charge in [-0.15, -0.1) is 0 Å². The van der Waals surface area contributed by atoms with E-state index in [-0.39, 0.29) is 0 Å². The summed E-state index contributed by atoms with van der Waals surface area (Å²) in [5, 5.41) is 0. The van der Waals surface area contributed by atoms with Crippen molar-refractivity contribution in [3.63, 3.8) is 0 Å². The van der Waals surface area contributed by atoms with Crippen LogP contribution in [-0.4, -0.2) is 15.0 Å². The summed E-state index contributed by atoms with van der Waals surface area (Å²) < 4.78 is 2.30. The molecule has 0 aliphatic carbocycles. The predicted octanol–water partition coefficient (Wildman–Crippen LogP) is 1.03. The fraction of sp³-hybridized carbons (Fsp3) is 0.500. The lowest BCUT2D eigenvalue weighted by Gasteiger charge is -2.25. The fourth-order valence-corrected chi connectivity index (χ4v) is 1.65. The Morgan fingerprint density at radius 2 is 2.10 bits per heavy atom. The van der Waals surface area contributed by atoms with Gasteiger partial charge in [-0.25, -0.2) is 0 Å². The molecule has 0 saturated carbocycles. The van der Waals surface area contributed by atoms with E-state index < -0.39 is 0 Å². The first-order valence-electron chi connectivity index (χ1n) is 3.71. The van der Waals surface area contributed by atoms with Crippen LogP contribution >= 0.6 is 0 Å². The van der Waals surface area contributed by atoms with Crippen LogP contribution in [0.3, 0.4) is 0 Å². The van der Waals surface area contributed by atoms with E-state index in [0.717, 1.165) is 10.4 Å². The molecule has 1 heterocycles. The molecule has 10 heavy (non-hydrogen) atoms. The highest BCUT2D eigenvalue weighted by atomic mass is 28.2. The van der Waals surface area contributed by atoms with E-state index in [1.807, 2.05) is 0 Å². The van der Waals surface area contributed by atoms with E-state index in [1.54, 1.807) is 0 Å². The third-order valence-corrected chi connectivity index (χ3v) is 3.35. The van der Waals surface area contributed by atoms with Gasteiger partial charge in [0.05, 0.1) is 0 Å². The lowest BCUT2D eigenvalue weighted by Crippen LogP contribution is -2.17. The molecule has 0 radical (unpaired) electrons. The molecule has 1 nitrogen and oxygen atoms in total. The minimum atomic E-state index is 0.644. The average Bonchev–Trinajstić information content (AvgIpc) is 1.93. The molecular formula is C8H15NSi. The molecule has 1 atom stereocenters. The Morgan fingerprint density at radius 3 is 2.60 bits per heavy atom. The van der Waals surface area contributed by atoms with Crippen LogP contribution in [0.2, 0.25) is 0 Å². The zero-order chi connectivity index (χ0) is 7.72. The molecule has 0 saturated heterocycles. The molecule has 0 aromatic carbocycles. The summed E-state index contributed by atoms with van der Waals surface area (Å²) in [7, 11) is 1.10. The molecule has 2 heteroatoms. The molecule has 1 aliphatic rings. The maximum absolute atomic E-state index is 2.30. The van der Waals surface area contributed by atoms with E-state index in [9.17, 15) is 0 Å². The van der Waals surface area contributed by atoms with Crippen LogP contribution in [0.25, 0.3) is 0 Å². The first-order chi connectivity index (χ1) is 4.63. The molecule has 0 aromatic rings. The van der Waals surface area contributed by atoms with Gasteiger partial charge in [0.2, 0.25) is 0 Å². The second-order valence-corrected chi connectivity index (χ2v) is 3.97. The standard InChI is InChI=1S/C8H15NSi/c1-6-4-5-9(10)8(3)7(6)2/h4-6H,1-3,10H3. The van der Waals surface area contributed by atoms with E-state index >= 15 is 0 Å². The van der Waals surface area contributed by atoms with Gasteiger partial charge in [0.15, 0.2) is 0 Å². The van der Waals surface area contributed by atoms with Crippen molar-refractivity contribution in [2.45, 2.75) is 20.8 Å². The molecule has 0 bridgehead atoms. The SMILES string of the molecule is CC1=C(C)N([SiH3])C=CC1C. The number of allylic oxidation sites excluding steroid dienone is 3. The Hall–Kier alpha value is -0.503. The van der Waals surface area contributed by atoms with Crippen LogP contribution in [0, 0.1) is 5.92 Å². The van der Waals surface area contributed by atoms with Crippen molar-refractivity contribution in [2.24, 2.45) is 5.92 Å². The van der Waals surface area contributed by atoms with E-state index in [2.05, 4.69) is 37.6 Å². The van der Waals surface area contributed by atoms with Gasteiger partial charge in [-0.2, -0.15) is 0 Å². The summed E-state index contributed by atoms with van der Waals surface area (Å²) in [5.74, 6) is 0.644. The van der Waals surface area contributed by atoms with Crippen LogP contribution < -0.4 is 0 Å². The van der Waals surface area contributed by atoms with Crippen LogP contribution in [0.5, 0.6) is 0 Å². The lowest BCUT2D eigenvalue weighted by atomic mass is 9.99. The van der Waals surface area contributed by atoms with Crippen LogP contribution in [-0.2, 0) is 0 Å². The smallest absolute Gasteiger partial charge is 0.112 e. The first-order valence-corrected chi connectivity index (χ1v) is 4.61. The molecule has 1 rings (SSSR count). The Bertz CT molecular complexity index is 173. The summed E-state index contributed by atoms with van der Waals surface area (Å²) in [6, 6.07) is 0. The molecular weight excluding hydrogens is 138 g/mol. The number of rotatable bonds is 0. The third kappa shape index (κ3) is 1.16. The monoisotopic (exact) mass is 153 g/mol. The summed E-state index contributed by atoms with van der Waals surface area (Å²) in [5.41, 5.74) is 2.96. The highest BCUT2D eigenvalue weighted by Crippen LogP contribution is 2.22. The minimum absolute atomic E-state index is 0.644. The maximum Gasteiger partial charge on any atom is 0.112 e. The van der Waals surface area contributed by atoms with Crippen molar-refractivity contribution < 1.29 is 0 Å². The highest BCUT2D eigenvalue weighted by Gasteiger charge is 2.10. The Balaban J connectivity index is 2.88. The lowest BCUT2D eigenvalue weighted by molar-refractivity contribution is 0.654. The first kappa shape index (κ1) is 7.60. The number of hydrogen-bond acceptors (Lipinski definition) is 1. The average molecular weight is 153 g/mol. The van der Waals surface area contributed by atoms with Gasteiger partial charge in [0.25, 0.3) is 0 Å². The van der Waals surface area contributed by atoms with Crippen molar-refractivity contribution in [3.05, 3.63) is 23.5 Å². The fourth-order valence-electron chi connectivity index (χ4n) is 1.12. The largest absolute Gasteiger partial charge is 0.388 e. The highest BCUT2D eigenvalue weighted by molar-refractivity contribution is 6.06. The summed E-state index contributed by atoms with van der Waals surface area (Å²) >= 11 is 0. The zero-order valence-electron chi connectivity index (χ0n) is 7.18. The van der Waals surface area contributed by atoms with Crippen LogP contribution in [0.15, 0.2) is 23.5 Å². The Morgan fingerprint density at radius 1 is 1.50 bits per heavy atom. The predicted molar refractivity (Wildman–Crippen MR) is 48.5 cm³/mol. The van der Waals surface area contributed by atoms with E-state index in [0.29, 0.717) is 5.92 Å². The van der Waals surface area contributed by atoms with Gasteiger partial charge in [-0.3, -0.25) is 0 Å². The van der Waals surface area contributed by atoms with Crippen molar-refractivity contribution >= 4 is 10.4 Å². The molecule has 0 aromatic heterocycles. The molecule has 0 N–H and O–H groups in total. The Labute approximate surface area is 65.9 Å². The van der Waals surface area contributed by atoms with Gasteiger partial charge >= 0.3 is 0 Å². The molecule has 56 valence electrons. The minimum Gasteiger partial charge on any atom is -0.388 e. The van der Waals surface area contributed by atoms with Crippen molar-refractivity contribution in [3.8, 4) is 0 Å². The van der Waals surface area contributed by atoms with Gasteiger partial charge < -0.3 is 4.57 Å². The zero-order valence-corrected chi connectivity index (χ0v) is 9.18. The van der Waals surface area contributed by atoms with Crippen molar-refractivity contribution in [1.29, 1.82) is 0 Å². The Kier molecular flexibility index (Phi) is 1.99. The normalized spacial score (nSPS) is 26.3. The van der Waals surface area contributed by atoms with Crippen molar-refractivity contribution in [1.82, 2.24) is 4.57 Å². The molecule has 1 aliphatic heterocycles. The van der Waals surface area contributed by atoms with Gasteiger partial charge in [0.1, 0.15) is 10.4 Å². The van der Waals surface area contributed by atoms with Crippen LogP contribution in [0.4, 0.5) is 0 Å². The second-order valence-electron chi connectivity index (χ2n) is 3.01.